The van der Waals surface area contributed by atoms with Crippen molar-refractivity contribution >= 4 is 5.84 Å². The zero-order chi connectivity index (χ0) is 14.5. The Morgan fingerprint density at radius 3 is 2.50 bits per heavy atom. The fraction of sp³-hybridized carbons (Fsp3) is 0.562. The second-order valence-electron chi connectivity index (χ2n) is 5.94. The zero-order valence-corrected chi connectivity index (χ0v) is 12.4. The van der Waals surface area contributed by atoms with Gasteiger partial charge in [-0.2, -0.15) is 0 Å². The minimum absolute atomic E-state index is 0.311. The summed E-state index contributed by atoms with van der Waals surface area (Å²) >= 11 is 0. The normalized spacial score (nSPS) is 16.1. The fourth-order valence-corrected chi connectivity index (χ4v) is 2.38. The molecule has 2 rings (SSSR count). The Hall–Kier alpha value is -1.55. The molecule has 1 aliphatic carbocycles. The smallest absolute Gasteiger partial charge is 0.140 e. The van der Waals surface area contributed by atoms with Gasteiger partial charge in [0.15, 0.2) is 0 Å². The van der Waals surface area contributed by atoms with Crippen LogP contribution in [0.15, 0.2) is 29.4 Å². The van der Waals surface area contributed by atoms with Crippen LogP contribution in [0.3, 0.4) is 0 Å². The van der Waals surface area contributed by atoms with Crippen LogP contribution in [0, 0.1) is 0 Å². The van der Waals surface area contributed by atoms with E-state index in [0.29, 0.717) is 24.2 Å². The molecule has 0 heterocycles. The molecule has 110 valence electrons. The largest absolute Gasteiger partial charge is 0.409 e. The summed E-state index contributed by atoms with van der Waals surface area (Å²) in [7, 11) is 0. The van der Waals surface area contributed by atoms with Gasteiger partial charge in [-0.15, -0.1) is 0 Å². The zero-order valence-electron chi connectivity index (χ0n) is 12.4. The highest BCUT2D eigenvalue weighted by Crippen LogP contribution is 2.28. The summed E-state index contributed by atoms with van der Waals surface area (Å²) < 4.78 is 0. The van der Waals surface area contributed by atoms with E-state index in [1.807, 2.05) is 0 Å². The van der Waals surface area contributed by atoms with Gasteiger partial charge in [0.2, 0.25) is 0 Å². The van der Waals surface area contributed by atoms with Gasteiger partial charge in [-0.05, 0) is 29.9 Å². The molecule has 1 aromatic carbocycles. The number of oxime groups is 1. The lowest BCUT2D eigenvalue weighted by Crippen LogP contribution is -2.29. The summed E-state index contributed by atoms with van der Waals surface area (Å²) in [5.74, 6) is 0.884. The molecule has 0 radical (unpaired) electrons. The molecule has 4 nitrogen and oxygen atoms in total. The number of amidine groups is 1. The maximum absolute atomic E-state index is 8.62. The molecule has 20 heavy (non-hydrogen) atoms. The molecule has 0 saturated heterocycles. The minimum Gasteiger partial charge on any atom is -0.409 e. The molecule has 1 aromatic rings. The summed E-state index contributed by atoms with van der Waals surface area (Å²) in [5.41, 5.74) is 8.27. The van der Waals surface area contributed by atoms with Crippen molar-refractivity contribution in [3.05, 3.63) is 35.4 Å². The Morgan fingerprint density at radius 2 is 2.00 bits per heavy atom. The summed E-state index contributed by atoms with van der Waals surface area (Å²) in [6, 6.07) is 9.54. The third-order valence-corrected chi connectivity index (χ3v) is 3.88. The Balaban J connectivity index is 1.93. The molecule has 4 heteroatoms. The standard InChI is InChI=1S/C16H25N3O/c1-12(2)14-5-3-13(4-6-14)11-19(15-7-8-15)10-9-16(17)18-20/h3-6,12,15,20H,7-11H2,1-2H3,(H2,17,18). The van der Waals surface area contributed by atoms with Crippen molar-refractivity contribution in [2.24, 2.45) is 10.9 Å². The fourth-order valence-electron chi connectivity index (χ4n) is 2.38. The van der Waals surface area contributed by atoms with Gasteiger partial charge in [-0.1, -0.05) is 43.3 Å². The first-order valence-corrected chi connectivity index (χ1v) is 7.39. The molecule has 0 unspecified atom stereocenters. The Bertz CT molecular complexity index is 449. The maximum Gasteiger partial charge on any atom is 0.140 e. The number of rotatable bonds is 7. The molecular formula is C16H25N3O. The number of hydrogen-bond donors (Lipinski definition) is 2. The van der Waals surface area contributed by atoms with Crippen LogP contribution in [0.25, 0.3) is 0 Å². The molecular weight excluding hydrogens is 250 g/mol. The third-order valence-electron chi connectivity index (χ3n) is 3.88. The van der Waals surface area contributed by atoms with Crippen molar-refractivity contribution in [1.29, 1.82) is 0 Å². The van der Waals surface area contributed by atoms with Gasteiger partial charge in [0.1, 0.15) is 5.84 Å². The van der Waals surface area contributed by atoms with E-state index >= 15 is 0 Å². The van der Waals surface area contributed by atoms with E-state index in [4.69, 9.17) is 10.9 Å². The third kappa shape index (κ3) is 4.23. The topological polar surface area (TPSA) is 61.8 Å². The predicted octanol–water partition coefficient (Wildman–Crippen LogP) is 2.91. The second-order valence-corrected chi connectivity index (χ2v) is 5.94. The van der Waals surface area contributed by atoms with Crippen LogP contribution in [0.5, 0.6) is 0 Å². The van der Waals surface area contributed by atoms with E-state index in [1.54, 1.807) is 0 Å². The highest BCUT2D eigenvalue weighted by Gasteiger charge is 2.28. The van der Waals surface area contributed by atoms with Gasteiger partial charge < -0.3 is 10.9 Å². The highest BCUT2D eigenvalue weighted by atomic mass is 16.4. The molecule has 0 spiro atoms. The molecule has 0 aromatic heterocycles. The van der Waals surface area contributed by atoms with E-state index in [1.165, 1.54) is 24.0 Å². The first kappa shape index (κ1) is 14.9. The quantitative estimate of drug-likeness (QED) is 0.348. The SMILES string of the molecule is CC(C)c1ccc(CN(CCC(N)=NO)C2CC2)cc1. The van der Waals surface area contributed by atoms with Gasteiger partial charge in [-0.3, -0.25) is 4.90 Å². The van der Waals surface area contributed by atoms with Crippen LogP contribution < -0.4 is 5.73 Å². The average Bonchev–Trinajstić information content (AvgIpc) is 3.28. The first-order valence-electron chi connectivity index (χ1n) is 7.39. The van der Waals surface area contributed by atoms with Gasteiger partial charge in [0, 0.05) is 25.6 Å². The number of nitrogens with two attached hydrogens (primary N) is 1. The average molecular weight is 275 g/mol. The number of nitrogens with zero attached hydrogens (tertiary/aromatic N) is 2. The van der Waals surface area contributed by atoms with Crippen molar-refractivity contribution in [2.45, 2.75) is 51.6 Å². The van der Waals surface area contributed by atoms with E-state index in [0.717, 1.165) is 13.1 Å². The van der Waals surface area contributed by atoms with E-state index in [9.17, 15) is 0 Å². The molecule has 1 aliphatic rings. The lowest BCUT2D eigenvalue weighted by Gasteiger charge is -2.22. The van der Waals surface area contributed by atoms with Gasteiger partial charge in [0.25, 0.3) is 0 Å². The molecule has 0 bridgehead atoms. The molecule has 0 atom stereocenters. The van der Waals surface area contributed by atoms with Gasteiger partial charge in [0.05, 0.1) is 0 Å². The van der Waals surface area contributed by atoms with E-state index < -0.39 is 0 Å². The van der Waals surface area contributed by atoms with Crippen molar-refractivity contribution in [3.63, 3.8) is 0 Å². The molecule has 0 aliphatic heterocycles. The number of hydrogen-bond acceptors (Lipinski definition) is 3. The van der Waals surface area contributed by atoms with Gasteiger partial charge >= 0.3 is 0 Å². The predicted molar refractivity (Wildman–Crippen MR) is 82.0 cm³/mol. The van der Waals surface area contributed by atoms with Crippen LogP contribution in [0.1, 0.15) is 50.2 Å². The summed E-state index contributed by atoms with van der Waals surface area (Å²) in [5, 5.41) is 11.7. The maximum atomic E-state index is 8.62. The summed E-state index contributed by atoms with van der Waals surface area (Å²) in [4.78, 5) is 2.43. The first-order chi connectivity index (χ1) is 9.60. The Labute approximate surface area is 121 Å². The van der Waals surface area contributed by atoms with E-state index in [-0.39, 0.29) is 0 Å². The van der Waals surface area contributed by atoms with Crippen molar-refractivity contribution in [2.75, 3.05) is 6.54 Å². The van der Waals surface area contributed by atoms with Gasteiger partial charge in [-0.25, -0.2) is 0 Å². The highest BCUT2D eigenvalue weighted by molar-refractivity contribution is 5.79. The van der Waals surface area contributed by atoms with Crippen LogP contribution in [0.4, 0.5) is 0 Å². The molecule has 3 N–H and O–H groups in total. The van der Waals surface area contributed by atoms with Crippen LogP contribution in [-0.2, 0) is 6.54 Å². The van der Waals surface area contributed by atoms with Crippen LogP contribution >= 0.6 is 0 Å². The van der Waals surface area contributed by atoms with Crippen molar-refractivity contribution in [1.82, 2.24) is 4.90 Å². The molecule has 1 saturated carbocycles. The summed E-state index contributed by atoms with van der Waals surface area (Å²) in [6.07, 6.45) is 3.15. The lowest BCUT2D eigenvalue weighted by atomic mass is 10.0. The molecule has 0 amide bonds. The Kier molecular flexibility index (Phi) is 5.01. The van der Waals surface area contributed by atoms with Crippen LogP contribution in [-0.4, -0.2) is 28.5 Å². The van der Waals surface area contributed by atoms with E-state index in [2.05, 4.69) is 48.2 Å². The summed E-state index contributed by atoms with van der Waals surface area (Å²) in [6.45, 7) is 6.22. The van der Waals surface area contributed by atoms with Crippen molar-refractivity contribution < 1.29 is 5.21 Å². The monoisotopic (exact) mass is 275 g/mol. The molecule has 1 fully saturated rings. The Morgan fingerprint density at radius 1 is 1.35 bits per heavy atom. The lowest BCUT2D eigenvalue weighted by molar-refractivity contribution is 0.259. The minimum atomic E-state index is 0.311. The second kappa shape index (κ2) is 6.75. The number of benzene rings is 1. The van der Waals surface area contributed by atoms with Crippen LogP contribution in [0.2, 0.25) is 0 Å². The van der Waals surface area contributed by atoms with Crippen molar-refractivity contribution in [3.8, 4) is 0 Å².